The van der Waals surface area contributed by atoms with Crippen LogP contribution in [0.1, 0.15) is 20.3 Å². The number of halogens is 1. The molecule has 86 valence electrons. The van der Waals surface area contributed by atoms with Gasteiger partial charge in [-0.2, -0.15) is 5.10 Å². The van der Waals surface area contributed by atoms with Crippen molar-refractivity contribution in [2.45, 2.75) is 25.8 Å². The number of hydrogen-bond donors (Lipinski definition) is 1. The molecular weight excluding hydrogens is 224 g/mol. The number of fused-ring (bicyclic) bond motifs is 1. The van der Waals surface area contributed by atoms with Gasteiger partial charge in [0, 0.05) is 23.8 Å². The third-order valence-electron chi connectivity index (χ3n) is 2.82. The van der Waals surface area contributed by atoms with Crippen molar-refractivity contribution >= 4 is 22.9 Å². The topological polar surface area (TPSA) is 42.2 Å². The molecule has 0 fully saturated rings. The van der Waals surface area contributed by atoms with Gasteiger partial charge in [-0.3, -0.25) is 0 Å². The molecule has 0 aromatic carbocycles. The SMILES string of the molecule is CCC(C)(CCl)Nc1nccn2nccc12. The summed E-state index contributed by atoms with van der Waals surface area (Å²) in [4.78, 5) is 4.33. The summed E-state index contributed by atoms with van der Waals surface area (Å²) in [6.07, 6.45) is 6.25. The monoisotopic (exact) mass is 238 g/mol. The number of rotatable bonds is 4. The maximum atomic E-state index is 5.97. The molecule has 2 aromatic rings. The number of hydrogen-bond acceptors (Lipinski definition) is 3. The molecule has 5 heteroatoms. The highest BCUT2D eigenvalue weighted by Crippen LogP contribution is 2.21. The lowest BCUT2D eigenvalue weighted by Crippen LogP contribution is -2.36. The van der Waals surface area contributed by atoms with Gasteiger partial charge in [-0.25, -0.2) is 9.50 Å². The van der Waals surface area contributed by atoms with Crippen LogP contribution in [0.3, 0.4) is 0 Å². The van der Waals surface area contributed by atoms with E-state index in [1.54, 1.807) is 16.9 Å². The van der Waals surface area contributed by atoms with E-state index in [2.05, 4.69) is 29.2 Å². The molecule has 2 rings (SSSR count). The molecule has 0 spiro atoms. The van der Waals surface area contributed by atoms with Gasteiger partial charge in [0.2, 0.25) is 0 Å². The van der Waals surface area contributed by atoms with Crippen LogP contribution in [0.5, 0.6) is 0 Å². The Hall–Kier alpha value is -1.29. The predicted molar refractivity (Wildman–Crippen MR) is 66.0 cm³/mol. The van der Waals surface area contributed by atoms with Gasteiger partial charge in [-0.05, 0) is 19.4 Å². The molecule has 16 heavy (non-hydrogen) atoms. The van der Waals surface area contributed by atoms with Crippen LogP contribution in [-0.2, 0) is 0 Å². The molecule has 0 saturated carbocycles. The molecule has 0 bridgehead atoms. The molecule has 1 atom stereocenters. The van der Waals surface area contributed by atoms with Crippen molar-refractivity contribution in [3.63, 3.8) is 0 Å². The molecule has 0 aliphatic carbocycles. The summed E-state index contributed by atoms with van der Waals surface area (Å²) >= 11 is 5.97. The maximum Gasteiger partial charge on any atom is 0.152 e. The van der Waals surface area contributed by atoms with Crippen LogP contribution in [0.25, 0.3) is 5.52 Å². The summed E-state index contributed by atoms with van der Waals surface area (Å²) in [5.41, 5.74) is 0.827. The second-order valence-electron chi connectivity index (χ2n) is 4.11. The third-order valence-corrected chi connectivity index (χ3v) is 3.41. The summed E-state index contributed by atoms with van der Waals surface area (Å²) in [6, 6.07) is 1.93. The molecule has 4 nitrogen and oxygen atoms in total. The summed E-state index contributed by atoms with van der Waals surface area (Å²) < 4.78 is 1.79. The minimum absolute atomic E-state index is 0.138. The van der Waals surface area contributed by atoms with E-state index in [1.807, 2.05) is 12.3 Å². The fourth-order valence-electron chi connectivity index (χ4n) is 1.46. The molecule has 0 saturated heterocycles. The van der Waals surface area contributed by atoms with Crippen molar-refractivity contribution in [3.05, 3.63) is 24.7 Å². The first-order valence-electron chi connectivity index (χ1n) is 5.31. The molecule has 0 amide bonds. The minimum Gasteiger partial charge on any atom is -0.362 e. The Kier molecular flexibility index (Phi) is 3.01. The summed E-state index contributed by atoms with van der Waals surface area (Å²) in [5, 5.41) is 7.54. The summed E-state index contributed by atoms with van der Waals surface area (Å²) in [6.45, 7) is 4.19. The number of nitrogens with zero attached hydrogens (tertiary/aromatic N) is 3. The molecule has 0 radical (unpaired) electrons. The lowest BCUT2D eigenvalue weighted by Gasteiger charge is -2.27. The highest BCUT2D eigenvalue weighted by Gasteiger charge is 2.21. The van der Waals surface area contributed by atoms with Gasteiger partial charge in [0.05, 0.1) is 6.20 Å². The third kappa shape index (κ3) is 1.97. The highest BCUT2D eigenvalue weighted by molar-refractivity contribution is 6.18. The smallest absolute Gasteiger partial charge is 0.152 e. The van der Waals surface area contributed by atoms with E-state index in [4.69, 9.17) is 11.6 Å². The van der Waals surface area contributed by atoms with Gasteiger partial charge < -0.3 is 5.32 Å². The van der Waals surface area contributed by atoms with E-state index in [1.165, 1.54) is 0 Å². The average Bonchev–Trinajstić information content (AvgIpc) is 2.78. The Morgan fingerprint density at radius 2 is 2.31 bits per heavy atom. The Bertz CT molecular complexity index is 476. The van der Waals surface area contributed by atoms with E-state index in [9.17, 15) is 0 Å². The second-order valence-corrected chi connectivity index (χ2v) is 4.38. The van der Waals surface area contributed by atoms with E-state index in [0.29, 0.717) is 5.88 Å². The van der Waals surface area contributed by atoms with Crippen LogP contribution < -0.4 is 5.32 Å². The van der Waals surface area contributed by atoms with Crippen molar-refractivity contribution in [1.29, 1.82) is 0 Å². The average molecular weight is 239 g/mol. The first-order valence-corrected chi connectivity index (χ1v) is 5.84. The fourth-order valence-corrected chi connectivity index (χ4v) is 1.71. The van der Waals surface area contributed by atoms with Gasteiger partial charge in [0.15, 0.2) is 5.82 Å². The van der Waals surface area contributed by atoms with Crippen LogP contribution in [0.15, 0.2) is 24.7 Å². The lowest BCUT2D eigenvalue weighted by atomic mass is 10.0. The Labute approximate surface area is 99.6 Å². The van der Waals surface area contributed by atoms with Crippen molar-refractivity contribution < 1.29 is 0 Å². The Balaban J connectivity index is 2.37. The lowest BCUT2D eigenvalue weighted by molar-refractivity contribution is 0.551. The predicted octanol–water partition coefficient (Wildman–Crippen LogP) is 2.55. The van der Waals surface area contributed by atoms with Crippen LogP contribution in [0.2, 0.25) is 0 Å². The van der Waals surface area contributed by atoms with Crippen LogP contribution >= 0.6 is 11.6 Å². The second kappa shape index (κ2) is 4.29. The normalized spacial score (nSPS) is 14.9. The molecule has 1 unspecified atom stereocenters. The van der Waals surface area contributed by atoms with E-state index in [0.717, 1.165) is 17.8 Å². The quantitative estimate of drug-likeness (QED) is 0.833. The molecule has 2 aromatic heterocycles. The Morgan fingerprint density at radius 3 is 3.00 bits per heavy atom. The number of alkyl halides is 1. The van der Waals surface area contributed by atoms with E-state index >= 15 is 0 Å². The van der Waals surface area contributed by atoms with Crippen LogP contribution in [-0.4, -0.2) is 26.0 Å². The minimum atomic E-state index is -0.138. The van der Waals surface area contributed by atoms with Crippen LogP contribution in [0.4, 0.5) is 5.82 Å². The van der Waals surface area contributed by atoms with Gasteiger partial charge >= 0.3 is 0 Å². The highest BCUT2D eigenvalue weighted by atomic mass is 35.5. The zero-order valence-electron chi connectivity index (χ0n) is 9.44. The van der Waals surface area contributed by atoms with Crippen LogP contribution in [0, 0.1) is 0 Å². The molecule has 1 N–H and O–H groups in total. The fraction of sp³-hybridized carbons (Fsp3) is 0.455. The summed E-state index contributed by atoms with van der Waals surface area (Å²) in [5.74, 6) is 1.37. The van der Waals surface area contributed by atoms with E-state index < -0.39 is 0 Å². The van der Waals surface area contributed by atoms with Crippen molar-refractivity contribution in [3.8, 4) is 0 Å². The van der Waals surface area contributed by atoms with Gasteiger partial charge in [0.1, 0.15) is 5.52 Å². The molecule has 0 aliphatic rings. The summed E-state index contributed by atoms with van der Waals surface area (Å²) in [7, 11) is 0. The first-order chi connectivity index (χ1) is 7.68. The van der Waals surface area contributed by atoms with Gasteiger partial charge in [0.25, 0.3) is 0 Å². The largest absolute Gasteiger partial charge is 0.362 e. The number of nitrogens with one attached hydrogen (secondary N) is 1. The molecular formula is C11H15ClN4. The number of aromatic nitrogens is 3. The first kappa shape index (κ1) is 11.2. The van der Waals surface area contributed by atoms with Crippen molar-refractivity contribution in [1.82, 2.24) is 14.6 Å². The standard InChI is InChI=1S/C11H15ClN4/c1-3-11(2,8-12)15-10-9-4-5-14-16(9)7-6-13-10/h4-7H,3,8H2,1-2H3,(H,13,15). The molecule has 2 heterocycles. The van der Waals surface area contributed by atoms with Crippen molar-refractivity contribution in [2.24, 2.45) is 0 Å². The van der Waals surface area contributed by atoms with Gasteiger partial charge in [-0.15, -0.1) is 11.6 Å². The zero-order chi connectivity index (χ0) is 11.6. The Morgan fingerprint density at radius 1 is 1.50 bits per heavy atom. The van der Waals surface area contributed by atoms with Gasteiger partial charge in [-0.1, -0.05) is 6.92 Å². The zero-order valence-corrected chi connectivity index (χ0v) is 10.2. The molecule has 0 aliphatic heterocycles. The maximum absolute atomic E-state index is 5.97. The van der Waals surface area contributed by atoms with Crippen molar-refractivity contribution in [2.75, 3.05) is 11.2 Å². The van der Waals surface area contributed by atoms with E-state index in [-0.39, 0.29) is 5.54 Å². The number of anilines is 1.